The molecule has 2 fully saturated rings. The van der Waals surface area contributed by atoms with Gasteiger partial charge in [0.15, 0.2) is 0 Å². The van der Waals surface area contributed by atoms with E-state index in [2.05, 4.69) is 15.5 Å². The van der Waals surface area contributed by atoms with Crippen molar-refractivity contribution in [1.82, 2.24) is 15.5 Å². The van der Waals surface area contributed by atoms with E-state index in [9.17, 15) is 22.8 Å². The summed E-state index contributed by atoms with van der Waals surface area (Å²) in [7, 11) is 0. The molecule has 0 radical (unpaired) electrons. The largest absolute Gasteiger partial charge is 0.416 e. The number of carbonyl (C=O) groups excluding carboxylic acids is 2. The van der Waals surface area contributed by atoms with E-state index in [0.717, 1.165) is 64.1 Å². The van der Waals surface area contributed by atoms with Crippen molar-refractivity contribution in [2.45, 2.75) is 50.4 Å². The lowest BCUT2D eigenvalue weighted by Crippen LogP contribution is -2.45. The Kier molecular flexibility index (Phi) is 7.34. The SMILES string of the molecule is O=C(CNC(=O)C1C=C(C(F)(F)F)C=CC1)NC1CCN(C2CCCOCC2)C1. The first-order valence-electron chi connectivity index (χ1n) is 10.2. The Morgan fingerprint density at radius 2 is 2.03 bits per heavy atom. The predicted octanol–water partition coefficient (Wildman–Crippen LogP) is 1.93. The van der Waals surface area contributed by atoms with Crippen LogP contribution in [0.5, 0.6) is 0 Å². The monoisotopic (exact) mass is 415 g/mol. The van der Waals surface area contributed by atoms with Gasteiger partial charge in [0.1, 0.15) is 0 Å². The molecule has 2 amide bonds. The highest BCUT2D eigenvalue weighted by Crippen LogP contribution is 2.31. The number of halogens is 3. The van der Waals surface area contributed by atoms with Gasteiger partial charge in [-0.05, 0) is 32.1 Å². The highest BCUT2D eigenvalue weighted by molar-refractivity contribution is 5.87. The highest BCUT2D eigenvalue weighted by atomic mass is 19.4. The molecule has 29 heavy (non-hydrogen) atoms. The molecule has 0 saturated carbocycles. The summed E-state index contributed by atoms with van der Waals surface area (Å²) in [6, 6.07) is 0.506. The molecule has 2 saturated heterocycles. The summed E-state index contributed by atoms with van der Waals surface area (Å²) in [5.74, 6) is -1.80. The second-order valence-electron chi connectivity index (χ2n) is 7.83. The number of rotatable bonds is 5. The number of likely N-dealkylation sites (tertiary alicyclic amines) is 1. The summed E-state index contributed by atoms with van der Waals surface area (Å²) in [6.07, 6.45) is 2.92. The third-order valence-electron chi connectivity index (χ3n) is 5.68. The minimum absolute atomic E-state index is 0.0258. The van der Waals surface area contributed by atoms with Crippen molar-refractivity contribution < 1.29 is 27.5 Å². The van der Waals surface area contributed by atoms with E-state index in [1.807, 2.05) is 0 Å². The van der Waals surface area contributed by atoms with E-state index < -0.39 is 23.6 Å². The van der Waals surface area contributed by atoms with Crippen molar-refractivity contribution in [1.29, 1.82) is 0 Å². The van der Waals surface area contributed by atoms with Crippen LogP contribution in [0.2, 0.25) is 0 Å². The van der Waals surface area contributed by atoms with Gasteiger partial charge >= 0.3 is 6.18 Å². The molecule has 0 bridgehead atoms. The van der Waals surface area contributed by atoms with E-state index >= 15 is 0 Å². The Labute approximate surface area is 168 Å². The zero-order valence-corrected chi connectivity index (χ0v) is 16.3. The summed E-state index contributed by atoms with van der Waals surface area (Å²) in [4.78, 5) is 26.7. The first kappa shape index (κ1) is 21.8. The van der Waals surface area contributed by atoms with Crippen molar-refractivity contribution in [2.24, 2.45) is 5.92 Å². The number of ether oxygens (including phenoxy) is 1. The van der Waals surface area contributed by atoms with Crippen molar-refractivity contribution in [3.63, 3.8) is 0 Å². The van der Waals surface area contributed by atoms with E-state index in [-0.39, 0.29) is 24.9 Å². The van der Waals surface area contributed by atoms with Crippen LogP contribution in [0, 0.1) is 5.92 Å². The van der Waals surface area contributed by atoms with Gasteiger partial charge in [0.05, 0.1) is 18.0 Å². The molecule has 2 aliphatic heterocycles. The molecule has 3 aliphatic rings. The smallest absolute Gasteiger partial charge is 0.381 e. The maximum absolute atomic E-state index is 12.8. The van der Waals surface area contributed by atoms with Gasteiger partial charge in [0.2, 0.25) is 11.8 Å². The fraction of sp³-hybridized carbons (Fsp3) is 0.700. The van der Waals surface area contributed by atoms with Crippen molar-refractivity contribution in [3.8, 4) is 0 Å². The van der Waals surface area contributed by atoms with E-state index in [1.165, 1.54) is 6.08 Å². The summed E-state index contributed by atoms with van der Waals surface area (Å²) >= 11 is 0. The van der Waals surface area contributed by atoms with Gasteiger partial charge in [-0.15, -0.1) is 0 Å². The van der Waals surface area contributed by atoms with Gasteiger partial charge in [0.25, 0.3) is 0 Å². The third kappa shape index (κ3) is 6.30. The van der Waals surface area contributed by atoms with Crippen LogP contribution in [0.3, 0.4) is 0 Å². The lowest BCUT2D eigenvalue weighted by Gasteiger charge is -2.26. The molecule has 2 heterocycles. The number of carbonyl (C=O) groups is 2. The average molecular weight is 415 g/mol. The molecule has 3 rings (SSSR count). The molecule has 1 aliphatic carbocycles. The number of nitrogens with one attached hydrogen (secondary N) is 2. The summed E-state index contributed by atoms with van der Waals surface area (Å²) in [5, 5.41) is 5.37. The number of alkyl halides is 3. The van der Waals surface area contributed by atoms with Gasteiger partial charge in [-0.3, -0.25) is 14.5 Å². The van der Waals surface area contributed by atoms with Crippen LogP contribution in [-0.4, -0.2) is 67.8 Å². The molecule has 0 aromatic carbocycles. The summed E-state index contributed by atoms with van der Waals surface area (Å²) in [5.41, 5.74) is -0.830. The molecule has 9 heteroatoms. The predicted molar refractivity (Wildman–Crippen MR) is 101 cm³/mol. The molecule has 162 valence electrons. The van der Waals surface area contributed by atoms with Gasteiger partial charge in [-0.1, -0.05) is 18.2 Å². The normalized spacial score (nSPS) is 28.5. The zero-order chi connectivity index (χ0) is 20.9. The molecular formula is C20H28F3N3O3. The second-order valence-corrected chi connectivity index (χ2v) is 7.83. The minimum Gasteiger partial charge on any atom is -0.381 e. The molecule has 6 nitrogen and oxygen atoms in total. The van der Waals surface area contributed by atoms with Crippen LogP contribution in [0.1, 0.15) is 32.1 Å². The Balaban J connectivity index is 1.40. The van der Waals surface area contributed by atoms with Crippen LogP contribution in [-0.2, 0) is 14.3 Å². The van der Waals surface area contributed by atoms with Crippen LogP contribution in [0.15, 0.2) is 23.8 Å². The minimum atomic E-state index is -4.48. The van der Waals surface area contributed by atoms with E-state index in [1.54, 1.807) is 0 Å². The summed E-state index contributed by atoms with van der Waals surface area (Å²) < 4.78 is 43.8. The molecule has 0 spiro atoms. The van der Waals surface area contributed by atoms with E-state index in [4.69, 9.17) is 4.74 Å². The maximum atomic E-state index is 12.8. The Bertz CT molecular complexity index is 655. The molecular weight excluding hydrogens is 387 g/mol. The number of hydrogen-bond acceptors (Lipinski definition) is 4. The highest BCUT2D eigenvalue weighted by Gasteiger charge is 2.35. The quantitative estimate of drug-likeness (QED) is 0.720. The number of nitrogens with zero attached hydrogens (tertiary/aromatic N) is 1. The average Bonchev–Trinajstić information content (AvgIpc) is 2.97. The molecule has 3 atom stereocenters. The van der Waals surface area contributed by atoms with Crippen molar-refractivity contribution in [3.05, 3.63) is 23.8 Å². The molecule has 0 aromatic heterocycles. The number of allylic oxidation sites excluding steroid dienone is 3. The molecule has 0 aromatic rings. The Morgan fingerprint density at radius 1 is 1.21 bits per heavy atom. The van der Waals surface area contributed by atoms with Gasteiger partial charge in [0, 0.05) is 38.4 Å². The van der Waals surface area contributed by atoms with Gasteiger partial charge < -0.3 is 15.4 Å². The molecule has 3 unspecified atom stereocenters. The van der Waals surface area contributed by atoms with Crippen molar-refractivity contribution in [2.75, 3.05) is 32.8 Å². The van der Waals surface area contributed by atoms with Gasteiger partial charge in [-0.25, -0.2) is 0 Å². The zero-order valence-electron chi connectivity index (χ0n) is 16.3. The maximum Gasteiger partial charge on any atom is 0.416 e. The second kappa shape index (κ2) is 9.75. The fourth-order valence-electron chi connectivity index (χ4n) is 4.12. The van der Waals surface area contributed by atoms with Crippen LogP contribution in [0.25, 0.3) is 0 Å². The first-order chi connectivity index (χ1) is 13.8. The third-order valence-corrected chi connectivity index (χ3v) is 5.68. The Morgan fingerprint density at radius 3 is 2.83 bits per heavy atom. The van der Waals surface area contributed by atoms with Crippen LogP contribution in [0.4, 0.5) is 13.2 Å². The topological polar surface area (TPSA) is 70.7 Å². The lowest BCUT2D eigenvalue weighted by molar-refractivity contribution is -0.128. The number of hydrogen-bond donors (Lipinski definition) is 2. The summed E-state index contributed by atoms with van der Waals surface area (Å²) in [6.45, 7) is 3.03. The van der Waals surface area contributed by atoms with Crippen molar-refractivity contribution >= 4 is 11.8 Å². The van der Waals surface area contributed by atoms with E-state index in [0.29, 0.717) is 6.04 Å². The van der Waals surface area contributed by atoms with Gasteiger partial charge in [-0.2, -0.15) is 13.2 Å². The lowest BCUT2D eigenvalue weighted by atomic mass is 9.95. The first-order valence-corrected chi connectivity index (χ1v) is 10.2. The Hall–Kier alpha value is -1.87. The van der Waals surface area contributed by atoms with Crippen LogP contribution >= 0.6 is 0 Å². The van der Waals surface area contributed by atoms with Crippen LogP contribution < -0.4 is 10.6 Å². The number of amides is 2. The fourth-order valence-corrected chi connectivity index (χ4v) is 4.12. The standard InChI is InChI=1S/C20H28F3N3O3/c21-20(22,23)15-4-1-3-14(11-15)19(28)24-12-18(27)25-16-6-8-26(13-16)17-5-2-9-29-10-7-17/h1,4,11,14,16-17H,2-3,5-10,12-13H2,(H,24,28)(H,25,27). The molecule has 2 N–H and O–H groups in total.